The highest BCUT2D eigenvalue weighted by Gasteiger charge is 2.28. The second kappa shape index (κ2) is 12.2. The number of nitrogens with zero attached hydrogens (tertiary/aromatic N) is 2. The van der Waals surface area contributed by atoms with E-state index in [0.717, 1.165) is 32.1 Å². The monoisotopic (exact) mass is 618 g/mol. The Hall–Kier alpha value is -5.60. The molecule has 0 saturated heterocycles. The first-order chi connectivity index (χ1) is 23.8. The maximum Gasteiger partial charge on any atom is 0.0631 e. The Morgan fingerprint density at radius 3 is 2.10 bits per heavy atom. The topological polar surface area (TPSA) is 6.48 Å². The molecule has 1 atom stereocenters. The Bertz CT molecular complexity index is 2230. The van der Waals surface area contributed by atoms with Crippen LogP contribution in [0.3, 0.4) is 0 Å². The van der Waals surface area contributed by atoms with Gasteiger partial charge < -0.3 is 9.80 Å². The summed E-state index contributed by atoms with van der Waals surface area (Å²) in [6.45, 7) is 0. The van der Waals surface area contributed by atoms with E-state index in [0.29, 0.717) is 0 Å². The molecule has 3 aliphatic carbocycles. The van der Waals surface area contributed by atoms with Crippen LogP contribution in [0, 0.1) is 0 Å². The first kappa shape index (κ1) is 28.6. The summed E-state index contributed by atoms with van der Waals surface area (Å²) in [6, 6.07) is 49.6. The van der Waals surface area contributed by atoms with Gasteiger partial charge in [-0.3, -0.25) is 0 Å². The van der Waals surface area contributed by atoms with E-state index in [1.165, 1.54) is 72.6 Å². The molecule has 0 radical (unpaired) electrons. The predicted molar refractivity (Wildman–Crippen MR) is 203 cm³/mol. The van der Waals surface area contributed by atoms with Crippen LogP contribution in [0.1, 0.15) is 47.6 Å². The van der Waals surface area contributed by atoms with Crippen LogP contribution in [-0.4, -0.2) is 0 Å². The van der Waals surface area contributed by atoms with Crippen LogP contribution in [0.15, 0.2) is 163 Å². The summed E-state index contributed by atoms with van der Waals surface area (Å²) in [5.41, 5.74) is 14.5. The fourth-order valence-corrected chi connectivity index (χ4v) is 8.01. The average Bonchev–Trinajstić information content (AvgIpc) is 3.16. The van der Waals surface area contributed by atoms with Crippen molar-refractivity contribution in [2.24, 2.45) is 0 Å². The number of para-hydroxylation sites is 1. The molecule has 232 valence electrons. The van der Waals surface area contributed by atoms with Crippen molar-refractivity contribution < 1.29 is 0 Å². The van der Waals surface area contributed by atoms with E-state index in [2.05, 4.69) is 174 Å². The zero-order chi connectivity index (χ0) is 31.9. The molecule has 6 aromatic carbocycles. The molecule has 3 aliphatic rings. The Labute approximate surface area is 283 Å². The Balaban J connectivity index is 1.11. The summed E-state index contributed by atoms with van der Waals surface area (Å²) < 4.78 is 0. The Morgan fingerprint density at radius 2 is 1.27 bits per heavy atom. The third kappa shape index (κ3) is 5.05. The molecule has 9 rings (SSSR count). The van der Waals surface area contributed by atoms with Gasteiger partial charge in [0.1, 0.15) is 0 Å². The number of benzene rings is 6. The molecule has 0 aromatic heterocycles. The minimum absolute atomic E-state index is 0.273. The second-order valence-corrected chi connectivity index (χ2v) is 13.1. The van der Waals surface area contributed by atoms with Crippen molar-refractivity contribution in [3.63, 3.8) is 0 Å². The summed E-state index contributed by atoms with van der Waals surface area (Å²) >= 11 is 0. The van der Waals surface area contributed by atoms with Gasteiger partial charge >= 0.3 is 0 Å². The minimum atomic E-state index is 0.273. The van der Waals surface area contributed by atoms with Gasteiger partial charge in [-0.15, -0.1) is 0 Å². The number of aryl methyl sites for hydroxylation is 2. The lowest BCUT2D eigenvalue weighted by Gasteiger charge is -2.38. The third-order valence-electron chi connectivity index (χ3n) is 10.3. The van der Waals surface area contributed by atoms with E-state index < -0.39 is 0 Å². The number of fused-ring (bicyclic) bond motifs is 5. The predicted octanol–water partition coefficient (Wildman–Crippen LogP) is 12.3. The van der Waals surface area contributed by atoms with Crippen LogP contribution in [0.2, 0.25) is 0 Å². The SMILES string of the molecule is C1=CC(N(c2ccc3c(c2)CCc2cc(N(c4ccccc4)c4cccc5ccccc45)ccc2-3)C2CC=Cc3ccccc32)=CCC1. The van der Waals surface area contributed by atoms with Crippen molar-refractivity contribution in [3.8, 4) is 11.1 Å². The van der Waals surface area contributed by atoms with Crippen molar-refractivity contribution in [1.82, 2.24) is 0 Å². The standard InChI is InChI=1S/C46H38N2/c1-3-17-37(18-4-1)47(45-23-11-15-33-13-7-9-21-43(33)45)39-27-29-41-35(31-39)25-26-36-32-40(28-30-42(36)41)48(38-19-5-2-6-20-38)46-24-12-16-34-14-8-10-22-44(34)46/h1,3-5,7-23,27-32,46H,2,6,24-26H2. The Kier molecular flexibility index (Phi) is 7.28. The van der Waals surface area contributed by atoms with Crippen LogP contribution in [0.25, 0.3) is 28.0 Å². The first-order valence-electron chi connectivity index (χ1n) is 17.3. The number of rotatable bonds is 6. The van der Waals surface area contributed by atoms with Gasteiger partial charge in [0.2, 0.25) is 0 Å². The molecule has 1 unspecified atom stereocenters. The fraction of sp³-hybridized carbons (Fsp3) is 0.130. The fourth-order valence-electron chi connectivity index (χ4n) is 8.01. The van der Waals surface area contributed by atoms with Crippen LogP contribution < -0.4 is 9.80 Å². The van der Waals surface area contributed by atoms with Crippen molar-refractivity contribution >= 4 is 39.6 Å². The summed E-state index contributed by atoms with van der Waals surface area (Å²) in [5.74, 6) is 0. The van der Waals surface area contributed by atoms with E-state index in [-0.39, 0.29) is 6.04 Å². The molecule has 0 saturated carbocycles. The van der Waals surface area contributed by atoms with Gasteiger partial charge in [0.25, 0.3) is 0 Å². The lowest BCUT2D eigenvalue weighted by atomic mass is 9.84. The van der Waals surface area contributed by atoms with Crippen molar-refractivity contribution in [2.45, 2.75) is 38.1 Å². The van der Waals surface area contributed by atoms with E-state index in [4.69, 9.17) is 0 Å². The summed E-state index contributed by atoms with van der Waals surface area (Å²) in [4.78, 5) is 5.01. The summed E-state index contributed by atoms with van der Waals surface area (Å²) in [7, 11) is 0. The van der Waals surface area contributed by atoms with E-state index in [1.807, 2.05) is 0 Å². The van der Waals surface area contributed by atoms with Gasteiger partial charge in [-0.05, 0) is 119 Å². The van der Waals surface area contributed by atoms with E-state index >= 15 is 0 Å². The second-order valence-electron chi connectivity index (χ2n) is 13.1. The first-order valence-corrected chi connectivity index (χ1v) is 17.3. The van der Waals surface area contributed by atoms with Crippen LogP contribution in [0.4, 0.5) is 22.7 Å². The highest BCUT2D eigenvalue weighted by molar-refractivity contribution is 5.99. The molecular formula is C46H38N2. The van der Waals surface area contributed by atoms with Gasteiger partial charge in [0.05, 0.1) is 11.7 Å². The average molecular weight is 619 g/mol. The zero-order valence-corrected chi connectivity index (χ0v) is 27.1. The van der Waals surface area contributed by atoms with Gasteiger partial charge in [-0.1, -0.05) is 115 Å². The molecule has 6 aromatic rings. The van der Waals surface area contributed by atoms with Crippen LogP contribution >= 0.6 is 0 Å². The smallest absolute Gasteiger partial charge is 0.0631 e. The molecule has 48 heavy (non-hydrogen) atoms. The molecular weight excluding hydrogens is 581 g/mol. The molecule has 0 fully saturated rings. The summed E-state index contributed by atoms with van der Waals surface area (Å²) in [6.07, 6.45) is 17.0. The van der Waals surface area contributed by atoms with Crippen LogP contribution in [0.5, 0.6) is 0 Å². The zero-order valence-electron chi connectivity index (χ0n) is 27.1. The van der Waals surface area contributed by atoms with Crippen LogP contribution in [-0.2, 0) is 12.8 Å². The van der Waals surface area contributed by atoms with Crippen molar-refractivity contribution in [3.05, 3.63) is 186 Å². The summed E-state index contributed by atoms with van der Waals surface area (Å²) in [5, 5.41) is 2.50. The maximum atomic E-state index is 2.60. The van der Waals surface area contributed by atoms with Gasteiger partial charge in [-0.25, -0.2) is 0 Å². The number of allylic oxidation sites excluding steroid dienone is 3. The van der Waals surface area contributed by atoms with E-state index in [9.17, 15) is 0 Å². The lowest BCUT2D eigenvalue weighted by Crippen LogP contribution is -2.29. The van der Waals surface area contributed by atoms with Crippen molar-refractivity contribution in [1.29, 1.82) is 0 Å². The molecule has 0 amide bonds. The highest BCUT2D eigenvalue weighted by atomic mass is 15.2. The molecule has 0 bridgehead atoms. The lowest BCUT2D eigenvalue weighted by molar-refractivity contribution is 0.678. The van der Waals surface area contributed by atoms with Crippen molar-refractivity contribution in [2.75, 3.05) is 9.80 Å². The van der Waals surface area contributed by atoms with Gasteiger partial charge in [0, 0.05) is 28.1 Å². The molecule has 0 spiro atoms. The molecule has 2 nitrogen and oxygen atoms in total. The Morgan fingerprint density at radius 1 is 0.542 bits per heavy atom. The molecule has 0 N–H and O–H groups in total. The van der Waals surface area contributed by atoms with Gasteiger partial charge in [-0.2, -0.15) is 0 Å². The van der Waals surface area contributed by atoms with E-state index in [1.54, 1.807) is 0 Å². The molecule has 0 heterocycles. The number of anilines is 4. The number of hydrogen-bond donors (Lipinski definition) is 0. The number of hydrogen-bond acceptors (Lipinski definition) is 2. The maximum absolute atomic E-state index is 2.60. The normalized spacial score (nSPS) is 16.1. The highest BCUT2D eigenvalue weighted by Crippen LogP contribution is 2.45. The van der Waals surface area contributed by atoms with Gasteiger partial charge in [0.15, 0.2) is 0 Å². The quantitative estimate of drug-likeness (QED) is 0.183. The molecule has 2 heteroatoms. The largest absolute Gasteiger partial charge is 0.334 e. The minimum Gasteiger partial charge on any atom is -0.334 e. The third-order valence-corrected chi connectivity index (χ3v) is 10.3. The molecule has 0 aliphatic heterocycles.